The first-order chi connectivity index (χ1) is 34.6. The van der Waals surface area contributed by atoms with E-state index in [0.29, 0.717) is 17.4 Å². The molecule has 9 nitrogen and oxygen atoms in total. The fourth-order valence-electron chi connectivity index (χ4n) is 9.54. The van der Waals surface area contributed by atoms with Crippen LogP contribution < -0.4 is 5.11 Å². The molecule has 2 atom stereocenters. The molecule has 0 saturated heterocycles. The summed E-state index contributed by atoms with van der Waals surface area (Å²) in [7, 11) is 5.94. The molecule has 0 rings (SSSR count). The van der Waals surface area contributed by atoms with Crippen molar-refractivity contribution in [2.24, 2.45) is 0 Å². The molecule has 0 aliphatic rings. The number of rotatable bonds is 59. The van der Waals surface area contributed by atoms with Gasteiger partial charge < -0.3 is 33.3 Å². The van der Waals surface area contributed by atoms with E-state index in [1.165, 1.54) is 257 Å². The average Bonchev–Trinajstić information content (AvgIpc) is 3.34. The van der Waals surface area contributed by atoms with Crippen LogP contribution in [0.4, 0.5) is 0 Å². The number of aliphatic carboxylic acids is 1. The van der Waals surface area contributed by atoms with Gasteiger partial charge in [-0.25, -0.2) is 0 Å². The molecule has 0 aliphatic heterocycles. The SMILES string of the molecule is CCCCCCCCCCCCCCCCCCCCCCCCCCCCCCCCCCC(=O)OC(COC(=O)CCCCCCCCCCCCCCCC)COC(OCC[N+](C)(C)C)C(=O)[O-]. The second-order valence-corrected chi connectivity index (χ2v) is 22.7. The van der Waals surface area contributed by atoms with Crippen LogP contribution in [0.25, 0.3) is 0 Å². The van der Waals surface area contributed by atoms with E-state index in [9.17, 15) is 19.5 Å². The Morgan fingerprint density at radius 3 is 0.901 bits per heavy atom. The molecule has 422 valence electrons. The van der Waals surface area contributed by atoms with Gasteiger partial charge in [0, 0.05) is 12.8 Å². The average molecular weight is 1010 g/mol. The Morgan fingerprint density at radius 1 is 0.366 bits per heavy atom. The first-order valence-electron chi connectivity index (χ1n) is 31.2. The predicted molar refractivity (Wildman–Crippen MR) is 297 cm³/mol. The molecule has 0 bridgehead atoms. The summed E-state index contributed by atoms with van der Waals surface area (Å²) in [6, 6.07) is 0. The van der Waals surface area contributed by atoms with Gasteiger partial charge in [0.1, 0.15) is 13.2 Å². The molecule has 9 heteroatoms. The summed E-state index contributed by atoms with van der Waals surface area (Å²) in [6.07, 6.45) is 58.9. The maximum absolute atomic E-state index is 12.9. The van der Waals surface area contributed by atoms with E-state index in [4.69, 9.17) is 18.9 Å². The molecule has 0 radical (unpaired) electrons. The third-order valence-electron chi connectivity index (χ3n) is 14.4. The predicted octanol–water partition coefficient (Wildman–Crippen LogP) is 17.0. The van der Waals surface area contributed by atoms with Gasteiger partial charge in [0.2, 0.25) is 0 Å². The molecule has 0 spiro atoms. The van der Waals surface area contributed by atoms with Gasteiger partial charge in [-0.2, -0.15) is 0 Å². The lowest BCUT2D eigenvalue weighted by Crippen LogP contribution is -2.44. The van der Waals surface area contributed by atoms with Crippen molar-refractivity contribution in [3.05, 3.63) is 0 Å². The number of ether oxygens (including phenoxy) is 4. The monoisotopic (exact) mass is 1010 g/mol. The molecule has 0 heterocycles. The lowest BCUT2D eigenvalue weighted by atomic mass is 10.0. The maximum atomic E-state index is 12.9. The molecular weight excluding hydrogens is 887 g/mol. The minimum Gasteiger partial charge on any atom is -0.545 e. The van der Waals surface area contributed by atoms with Gasteiger partial charge in [0.05, 0.1) is 40.3 Å². The highest BCUT2D eigenvalue weighted by Crippen LogP contribution is 2.19. The summed E-state index contributed by atoms with van der Waals surface area (Å²) in [5.74, 6) is -2.25. The largest absolute Gasteiger partial charge is 0.545 e. The fraction of sp³-hybridized carbons (Fsp3) is 0.952. The Bertz CT molecular complexity index is 1130. The van der Waals surface area contributed by atoms with E-state index in [1.807, 2.05) is 21.1 Å². The zero-order valence-corrected chi connectivity index (χ0v) is 48.1. The minimum atomic E-state index is -1.61. The maximum Gasteiger partial charge on any atom is 0.306 e. The van der Waals surface area contributed by atoms with Crippen LogP contribution in [-0.4, -0.2) is 82.3 Å². The number of carbonyl (C=O) groups excluding carboxylic acids is 3. The van der Waals surface area contributed by atoms with Crippen LogP contribution in [0, 0.1) is 0 Å². The van der Waals surface area contributed by atoms with E-state index in [0.717, 1.165) is 38.5 Å². The Labute approximate surface area is 441 Å². The van der Waals surface area contributed by atoms with Gasteiger partial charge in [-0.1, -0.05) is 296 Å². The number of carboxylic acid groups (broad SMARTS) is 1. The zero-order chi connectivity index (χ0) is 52.0. The van der Waals surface area contributed by atoms with Gasteiger partial charge in [0.15, 0.2) is 12.4 Å². The van der Waals surface area contributed by atoms with Gasteiger partial charge in [-0.3, -0.25) is 9.59 Å². The van der Waals surface area contributed by atoms with Gasteiger partial charge in [-0.15, -0.1) is 0 Å². The normalized spacial score (nSPS) is 12.6. The van der Waals surface area contributed by atoms with Crippen molar-refractivity contribution >= 4 is 17.9 Å². The third-order valence-corrected chi connectivity index (χ3v) is 14.4. The number of likely N-dealkylation sites (N-methyl/N-ethyl adjacent to an activating group) is 1. The topological polar surface area (TPSA) is 111 Å². The lowest BCUT2D eigenvalue weighted by Gasteiger charge is -2.26. The van der Waals surface area contributed by atoms with E-state index < -0.39 is 24.3 Å². The minimum absolute atomic E-state index is 0.153. The molecule has 0 saturated carbocycles. The number of hydrogen-bond acceptors (Lipinski definition) is 8. The summed E-state index contributed by atoms with van der Waals surface area (Å²) < 4.78 is 22.7. The summed E-state index contributed by atoms with van der Waals surface area (Å²) in [5.41, 5.74) is 0. The van der Waals surface area contributed by atoms with Crippen molar-refractivity contribution in [2.45, 2.75) is 334 Å². The third kappa shape index (κ3) is 55.9. The van der Waals surface area contributed by atoms with Crippen LogP contribution in [0.5, 0.6) is 0 Å². The Morgan fingerprint density at radius 2 is 0.634 bits per heavy atom. The van der Waals surface area contributed by atoms with Crippen LogP contribution in [0.2, 0.25) is 0 Å². The number of unbranched alkanes of at least 4 members (excludes halogenated alkanes) is 44. The number of nitrogens with zero attached hydrogens (tertiary/aromatic N) is 1. The quantitative estimate of drug-likeness (QED) is 0.0256. The van der Waals surface area contributed by atoms with Crippen LogP contribution in [-0.2, 0) is 33.3 Å². The summed E-state index contributed by atoms with van der Waals surface area (Å²) in [6.45, 7) is 4.81. The second kappa shape index (κ2) is 54.5. The molecule has 0 aromatic rings. The van der Waals surface area contributed by atoms with E-state index in [-0.39, 0.29) is 32.2 Å². The van der Waals surface area contributed by atoms with Crippen molar-refractivity contribution in [3.8, 4) is 0 Å². The first-order valence-corrected chi connectivity index (χ1v) is 31.2. The molecule has 0 aromatic carbocycles. The van der Waals surface area contributed by atoms with Crippen LogP contribution in [0.1, 0.15) is 322 Å². The standard InChI is InChI=1S/C62H121NO8/c1-6-8-10-12-14-16-18-20-22-23-24-25-26-27-28-29-30-31-32-33-34-35-36-37-38-39-41-43-45-47-49-51-53-60(65)71-58(57-70-62(61(66)67)68-55-54-63(3,4)5)56-69-59(64)52-50-48-46-44-42-40-21-19-17-15-13-11-9-7-2/h58,62H,6-57H2,1-5H3. The molecule has 0 aromatic heterocycles. The van der Waals surface area contributed by atoms with Crippen molar-refractivity contribution in [1.82, 2.24) is 0 Å². The number of carbonyl (C=O) groups is 3. The zero-order valence-electron chi connectivity index (χ0n) is 48.1. The van der Waals surface area contributed by atoms with Crippen molar-refractivity contribution in [2.75, 3.05) is 47.5 Å². The fourth-order valence-corrected chi connectivity index (χ4v) is 9.54. The summed E-state index contributed by atoms with van der Waals surface area (Å²) >= 11 is 0. The van der Waals surface area contributed by atoms with Crippen LogP contribution in [0.3, 0.4) is 0 Å². The summed E-state index contributed by atoms with van der Waals surface area (Å²) in [5, 5.41) is 11.8. The Balaban J connectivity index is 4.01. The van der Waals surface area contributed by atoms with E-state index >= 15 is 0 Å². The first kappa shape index (κ1) is 69.3. The highest BCUT2D eigenvalue weighted by molar-refractivity contribution is 5.70. The smallest absolute Gasteiger partial charge is 0.306 e. The van der Waals surface area contributed by atoms with Crippen molar-refractivity contribution in [1.29, 1.82) is 0 Å². The van der Waals surface area contributed by atoms with Crippen LogP contribution in [0.15, 0.2) is 0 Å². The van der Waals surface area contributed by atoms with Gasteiger partial charge >= 0.3 is 11.9 Å². The lowest BCUT2D eigenvalue weighted by molar-refractivity contribution is -0.870. The van der Waals surface area contributed by atoms with E-state index in [1.54, 1.807) is 0 Å². The Kier molecular flexibility index (Phi) is 53.2. The molecule has 0 N–H and O–H groups in total. The number of quaternary nitrogens is 1. The van der Waals surface area contributed by atoms with Crippen LogP contribution >= 0.6 is 0 Å². The molecular formula is C62H121NO8. The van der Waals surface area contributed by atoms with Gasteiger partial charge in [0.25, 0.3) is 0 Å². The molecule has 0 amide bonds. The van der Waals surface area contributed by atoms with E-state index in [2.05, 4.69) is 13.8 Å². The number of esters is 2. The molecule has 71 heavy (non-hydrogen) atoms. The highest BCUT2D eigenvalue weighted by Gasteiger charge is 2.22. The van der Waals surface area contributed by atoms with Gasteiger partial charge in [-0.05, 0) is 12.8 Å². The summed E-state index contributed by atoms with van der Waals surface area (Å²) in [4.78, 5) is 37.2. The number of hydrogen-bond donors (Lipinski definition) is 0. The molecule has 2 unspecified atom stereocenters. The number of carboxylic acids is 1. The van der Waals surface area contributed by atoms with Crippen molar-refractivity contribution in [3.63, 3.8) is 0 Å². The molecule has 0 aliphatic carbocycles. The Hall–Kier alpha value is -1.71. The second-order valence-electron chi connectivity index (χ2n) is 22.7. The van der Waals surface area contributed by atoms with Crippen molar-refractivity contribution < 1.29 is 42.9 Å². The highest BCUT2D eigenvalue weighted by atomic mass is 16.7. The molecule has 0 fully saturated rings.